The maximum absolute atomic E-state index is 11.8. The van der Waals surface area contributed by atoms with E-state index in [2.05, 4.69) is 0 Å². The zero-order valence-corrected chi connectivity index (χ0v) is 9.97. The number of likely N-dealkylation sites (tertiary alicyclic amines) is 1. The van der Waals surface area contributed by atoms with Crippen molar-refractivity contribution in [2.45, 2.75) is 31.7 Å². The standard InChI is InChI=1S/C10H17NO3S/c1-10(9(13)14)5-3-6-11(10)8(12)4-7-15-2/h3-7H2,1-2H3,(H,13,14). The zero-order valence-electron chi connectivity index (χ0n) is 9.15. The highest BCUT2D eigenvalue weighted by molar-refractivity contribution is 7.98. The van der Waals surface area contributed by atoms with E-state index in [1.807, 2.05) is 6.26 Å². The molecule has 0 saturated carbocycles. The maximum atomic E-state index is 11.8. The Morgan fingerprint density at radius 2 is 2.20 bits per heavy atom. The highest BCUT2D eigenvalue weighted by atomic mass is 32.2. The highest BCUT2D eigenvalue weighted by Gasteiger charge is 2.45. The average molecular weight is 231 g/mol. The van der Waals surface area contributed by atoms with E-state index in [1.165, 1.54) is 4.90 Å². The Bertz CT molecular complexity index is 269. The molecule has 15 heavy (non-hydrogen) atoms. The monoisotopic (exact) mass is 231 g/mol. The van der Waals surface area contributed by atoms with Gasteiger partial charge in [0.05, 0.1) is 0 Å². The lowest BCUT2D eigenvalue weighted by Crippen LogP contribution is -2.50. The summed E-state index contributed by atoms with van der Waals surface area (Å²) in [6.07, 6.45) is 3.72. The first-order chi connectivity index (χ1) is 7.02. The second kappa shape index (κ2) is 4.88. The largest absolute Gasteiger partial charge is 0.480 e. The summed E-state index contributed by atoms with van der Waals surface area (Å²) < 4.78 is 0. The fourth-order valence-corrected chi connectivity index (χ4v) is 2.29. The quantitative estimate of drug-likeness (QED) is 0.790. The third kappa shape index (κ3) is 2.45. The molecule has 0 radical (unpaired) electrons. The lowest BCUT2D eigenvalue weighted by atomic mass is 9.99. The van der Waals surface area contributed by atoms with Crippen molar-refractivity contribution in [2.24, 2.45) is 0 Å². The van der Waals surface area contributed by atoms with Crippen LogP contribution in [0.15, 0.2) is 0 Å². The van der Waals surface area contributed by atoms with Gasteiger partial charge in [0.2, 0.25) is 5.91 Å². The van der Waals surface area contributed by atoms with Crippen LogP contribution in [0.2, 0.25) is 0 Å². The molecule has 0 aromatic carbocycles. The summed E-state index contributed by atoms with van der Waals surface area (Å²) in [6.45, 7) is 2.22. The minimum atomic E-state index is -0.977. The molecule has 0 spiro atoms. The first kappa shape index (κ1) is 12.4. The molecule has 1 saturated heterocycles. The summed E-state index contributed by atoms with van der Waals surface area (Å²) >= 11 is 1.60. The number of carbonyl (C=O) groups is 2. The Labute approximate surface area is 94.0 Å². The van der Waals surface area contributed by atoms with Crippen molar-refractivity contribution >= 4 is 23.6 Å². The minimum absolute atomic E-state index is 0.0354. The molecule has 1 rings (SSSR count). The topological polar surface area (TPSA) is 57.6 Å². The summed E-state index contributed by atoms with van der Waals surface area (Å²) in [6, 6.07) is 0. The Morgan fingerprint density at radius 1 is 1.53 bits per heavy atom. The number of carboxylic acid groups (broad SMARTS) is 1. The smallest absolute Gasteiger partial charge is 0.329 e. The van der Waals surface area contributed by atoms with E-state index in [-0.39, 0.29) is 5.91 Å². The van der Waals surface area contributed by atoms with Gasteiger partial charge in [0, 0.05) is 18.7 Å². The Hall–Kier alpha value is -0.710. The van der Waals surface area contributed by atoms with Gasteiger partial charge in [-0.1, -0.05) is 0 Å². The van der Waals surface area contributed by atoms with Gasteiger partial charge in [-0.25, -0.2) is 4.79 Å². The van der Waals surface area contributed by atoms with Crippen LogP contribution in [0, 0.1) is 0 Å². The second-order valence-electron chi connectivity index (χ2n) is 3.97. The summed E-state index contributed by atoms with van der Waals surface area (Å²) in [5.74, 6) is -0.172. The van der Waals surface area contributed by atoms with Crippen LogP contribution in [0.25, 0.3) is 0 Å². The molecule has 0 aromatic rings. The number of thioether (sulfide) groups is 1. The first-order valence-corrected chi connectivity index (χ1v) is 6.44. The molecule has 5 heteroatoms. The number of nitrogens with zero attached hydrogens (tertiary/aromatic N) is 1. The van der Waals surface area contributed by atoms with Crippen molar-refractivity contribution in [3.63, 3.8) is 0 Å². The van der Waals surface area contributed by atoms with Gasteiger partial charge < -0.3 is 10.0 Å². The summed E-state index contributed by atoms with van der Waals surface area (Å²) in [5.41, 5.74) is -0.977. The van der Waals surface area contributed by atoms with Crippen LogP contribution in [-0.2, 0) is 9.59 Å². The van der Waals surface area contributed by atoms with E-state index in [0.29, 0.717) is 19.4 Å². The fourth-order valence-electron chi connectivity index (χ4n) is 1.91. The zero-order chi connectivity index (χ0) is 11.5. The molecular formula is C10H17NO3S. The van der Waals surface area contributed by atoms with E-state index >= 15 is 0 Å². The molecule has 4 nitrogen and oxygen atoms in total. The second-order valence-corrected chi connectivity index (χ2v) is 4.96. The van der Waals surface area contributed by atoms with Crippen molar-refractivity contribution in [1.29, 1.82) is 0 Å². The average Bonchev–Trinajstić information content (AvgIpc) is 2.58. The van der Waals surface area contributed by atoms with Gasteiger partial charge in [-0.3, -0.25) is 4.79 Å². The van der Waals surface area contributed by atoms with Gasteiger partial charge in [-0.15, -0.1) is 0 Å². The molecule has 1 fully saturated rings. The van der Waals surface area contributed by atoms with E-state index in [0.717, 1.165) is 12.2 Å². The van der Waals surface area contributed by atoms with Crippen LogP contribution >= 0.6 is 11.8 Å². The lowest BCUT2D eigenvalue weighted by Gasteiger charge is -2.31. The number of hydrogen-bond donors (Lipinski definition) is 1. The van der Waals surface area contributed by atoms with E-state index in [1.54, 1.807) is 18.7 Å². The Balaban J connectivity index is 2.68. The molecule has 86 valence electrons. The summed E-state index contributed by atoms with van der Waals surface area (Å²) in [7, 11) is 0. The molecular weight excluding hydrogens is 214 g/mol. The van der Waals surface area contributed by atoms with Crippen LogP contribution in [0.1, 0.15) is 26.2 Å². The highest BCUT2D eigenvalue weighted by Crippen LogP contribution is 2.29. The van der Waals surface area contributed by atoms with E-state index in [4.69, 9.17) is 5.11 Å². The molecule has 1 heterocycles. The number of aliphatic carboxylic acids is 1. The molecule has 1 aliphatic heterocycles. The Morgan fingerprint density at radius 3 is 2.73 bits per heavy atom. The minimum Gasteiger partial charge on any atom is -0.480 e. The van der Waals surface area contributed by atoms with Crippen LogP contribution in [0.4, 0.5) is 0 Å². The molecule has 1 N–H and O–H groups in total. The molecule has 1 aliphatic rings. The van der Waals surface area contributed by atoms with Crippen LogP contribution in [-0.4, -0.2) is 46.0 Å². The Kier molecular flexibility index (Phi) is 4.02. The van der Waals surface area contributed by atoms with E-state index < -0.39 is 11.5 Å². The number of hydrogen-bond acceptors (Lipinski definition) is 3. The van der Waals surface area contributed by atoms with Gasteiger partial charge >= 0.3 is 5.97 Å². The molecule has 1 atom stereocenters. The van der Waals surface area contributed by atoms with Crippen molar-refractivity contribution < 1.29 is 14.7 Å². The van der Waals surface area contributed by atoms with Gasteiger partial charge in [-0.2, -0.15) is 11.8 Å². The van der Waals surface area contributed by atoms with Crippen LogP contribution in [0.3, 0.4) is 0 Å². The lowest BCUT2D eigenvalue weighted by molar-refractivity contribution is -0.155. The SMILES string of the molecule is CSCCC(=O)N1CCCC1(C)C(=O)O. The fraction of sp³-hybridized carbons (Fsp3) is 0.800. The van der Waals surface area contributed by atoms with Crippen molar-refractivity contribution in [1.82, 2.24) is 4.90 Å². The van der Waals surface area contributed by atoms with E-state index in [9.17, 15) is 9.59 Å². The van der Waals surface area contributed by atoms with Gasteiger partial charge in [0.25, 0.3) is 0 Å². The number of rotatable bonds is 4. The molecule has 1 unspecified atom stereocenters. The van der Waals surface area contributed by atoms with Gasteiger partial charge in [-0.05, 0) is 26.0 Å². The maximum Gasteiger partial charge on any atom is 0.329 e. The molecule has 1 amide bonds. The van der Waals surface area contributed by atoms with Gasteiger partial charge in [0.1, 0.15) is 5.54 Å². The predicted molar refractivity (Wildman–Crippen MR) is 60.0 cm³/mol. The van der Waals surface area contributed by atoms with Gasteiger partial charge in [0.15, 0.2) is 0 Å². The normalized spacial score (nSPS) is 25.6. The van der Waals surface area contributed by atoms with Crippen molar-refractivity contribution in [2.75, 3.05) is 18.6 Å². The first-order valence-electron chi connectivity index (χ1n) is 5.05. The van der Waals surface area contributed by atoms with Crippen LogP contribution < -0.4 is 0 Å². The molecule has 0 bridgehead atoms. The number of amides is 1. The third-order valence-electron chi connectivity index (χ3n) is 2.92. The summed E-state index contributed by atoms with van der Waals surface area (Å²) in [4.78, 5) is 24.4. The van der Waals surface area contributed by atoms with Crippen molar-refractivity contribution in [3.8, 4) is 0 Å². The summed E-state index contributed by atoms with van der Waals surface area (Å²) in [5, 5.41) is 9.12. The third-order valence-corrected chi connectivity index (χ3v) is 3.54. The molecule has 0 aromatic heterocycles. The number of carbonyl (C=O) groups excluding carboxylic acids is 1. The van der Waals surface area contributed by atoms with Crippen LogP contribution in [0.5, 0.6) is 0 Å². The predicted octanol–water partition coefficient (Wildman–Crippen LogP) is 1.21. The van der Waals surface area contributed by atoms with Crippen molar-refractivity contribution in [3.05, 3.63) is 0 Å². The number of carboxylic acids is 1. The molecule has 0 aliphatic carbocycles.